The topological polar surface area (TPSA) is 75.1 Å². The molecule has 180 valence electrons. The van der Waals surface area contributed by atoms with E-state index in [0.717, 1.165) is 18.4 Å². The first kappa shape index (κ1) is 25.4. The second-order valence-corrected chi connectivity index (χ2v) is 8.68. The predicted octanol–water partition coefficient (Wildman–Crippen LogP) is 6.17. The zero-order chi connectivity index (χ0) is 24.7. The standard InChI is InChI=1S/C27H31F2N3O2/c1-4-19(15-28)8-10-22(29)18(3)23-6-5-7-24(31-23)27(34)32-25-16-30-13-12-21(25)20-9-11-26(33)17(2)14-20/h5-8,10,12-13,16-17,20,26,33H,3-4,9,11,14-15H2,1-2H3,(H,32,34)/b19-8-,22-10+/t17-,20-,26-/m0/s1. The number of carbonyl (C=O) groups excluding carboxylic acids is 1. The third-order valence-corrected chi connectivity index (χ3v) is 6.34. The molecule has 1 aliphatic carbocycles. The van der Waals surface area contributed by atoms with E-state index < -0.39 is 18.4 Å². The first-order chi connectivity index (χ1) is 16.3. The highest BCUT2D eigenvalue weighted by Gasteiger charge is 2.28. The minimum absolute atomic E-state index is 0.0111. The fraction of sp³-hybridized carbons (Fsp3) is 0.370. The normalized spacial score (nSPS) is 21.3. The summed E-state index contributed by atoms with van der Waals surface area (Å²) in [6.07, 6.45) is 8.41. The third kappa shape index (κ3) is 6.23. The first-order valence-electron chi connectivity index (χ1n) is 11.5. The van der Waals surface area contributed by atoms with Gasteiger partial charge >= 0.3 is 0 Å². The summed E-state index contributed by atoms with van der Waals surface area (Å²) in [4.78, 5) is 21.4. The molecule has 0 aromatic carbocycles. The van der Waals surface area contributed by atoms with E-state index in [0.29, 0.717) is 24.1 Å². The van der Waals surface area contributed by atoms with Crippen LogP contribution in [-0.4, -0.2) is 33.8 Å². The summed E-state index contributed by atoms with van der Waals surface area (Å²) < 4.78 is 27.4. The van der Waals surface area contributed by atoms with Crippen molar-refractivity contribution in [3.63, 3.8) is 0 Å². The first-order valence-corrected chi connectivity index (χ1v) is 11.5. The number of alkyl halides is 1. The summed E-state index contributed by atoms with van der Waals surface area (Å²) in [6, 6.07) is 6.61. The van der Waals surface area contributed by atoms with Crippen molar-refractivity contribution in [1.29, 1.82) is 0 Å². The molecular weight excluding hydrogens is 436 g/mol. The number of rotatable bonds is 8. The minimum Gasteiger partial charge on any atom is -0.393 e. The highest BCUT2D eigenvalue weighted by atomic mass is 19.1. The molecule has 0 aliphatic heterocycles. The summed E-state index contributed by atoms with van der Waals surface area (Å²) in [6.45, 7) is 6.92. The van der Waals surface area contributed by atoms with Crippen LogP contribution in [0.1, 0.15) is 67.2 Å². The Morgan fingerprint density at radius 3 is 2.74 bits per heavy atom. The van der Waals surface area contributed by atoms with Crippen molar-refractivity contribution < 1.29 is 18.7 Å². The predicted molar refractivity (Wildman–Crippen MR) is 131 cm³/mol. The van der Waals surface area contributed by atoms with Crippen LogP contribution in [0.25, 0.3) is 5.57 Å². The van der Waals surface area contributed by atoms with Gasteiger partial charge in [0.05, 0.1) is 23.7 Å². The van der Waals surface area contributed by atoms with E-state index in [1.165, 1.54) is 12.2 Å². The van der Waals surface area contributed by atoms with E-state index >= 15 is 0 Å². The Bertz CT molecular complexity index is 1090. The van der Waals surface area contributed by atoms with Gasteiger partial charge in [0.2, 0.25) is 0 Å². The van der Waals surface area contributed by atoms with Crippen LogP contribution in [0.5, 0.6) is 0 Å². The van der Waals surface area contributed by atoms with Gasteiger partial charge in [-0.2, -0.15) is 0 Å². The average molecular weight is 468 g/mol. The van der Waals surface area contributed by atoms with Crippen molar-refractivity contribution in [2.75, 3.05) is 12.0 Å². The number of aliphatic hydroxyl groups is 1. The molecular formula is C27H31F2N3O2. The molecule has 3 atom stereocenters. The number of anilines is 1. The molecule has 1 aliphatic rings. The van der Waals surface area contributed by atoms with Crippen molar-refractivity contribution in [3.05, 3.63) is 83.7 Å². The molecule has 0 bridgehead atoms. The number of allylic oxidation sites excluding steroid dienone is 5. The zero-order valence-corrected chi connectivity index (χ0v) is 19.6. The minimum atomic E-state index is -0.646. The molecule has 0 radical (unpaired) electrons. The molecule has 5 nitrogen and oxygen atoms in total. The zero-order valence-electron chi connectivity index (χ0n) is 19.6. The fourth-order valence-electron chi connectivity index (χ4n) is 4.11. The lowest BCUT2D eigenvalue weighted by molar-refractivity contribution is 0.0712. The number of amides is 1. The number of carbonyl (C=O) groups is 1. The van der Waals surface area contributed by atoms with Gasteiger partial charge in [-0.15, -0.1) is 0 Å². The van der Waals surface area contributed by atoms with Gasteiger partial charge in [-0.05, 0) is 72.9 Å². The number of hydrogen-bond acceptors (Lipinski definition) is 4. The summed E-state index contributed by atoms with van der Waals surface area (Å²) in [5.41, 5.74) is 2.39. The quantitative estimate of drug-likeness (QED) is 0.456. The maximum Gasteiger partial charge on any atom is 0.274 e. The number of aromatic nitrogens is 2. The van der Waals surface area contributed by atoms with E-state index in [9.17, 15) is 18.7 Å². The molecule has 0 spiro atoms. The Labute approximate surface area is 199 Å². The van der Waals surface area contributed by atoms with Gasteiger partial charge in [0.15, 0.2) is 0 Å². The van der Waals surface area contributed by atoms with Crippen molar-refractivity contribution in [3.8, 4) is 0 Å². The largest absolute Gasteiger partial charge is 0.393 e. The lowest BCUT2D eigenvalue weighted by Gasteiger charge is -2.32. The Kier molecular flexibility index (Phi) is 8.82. The lowest BCUT2D eigenvalue weighted by Crippen LogP contribution is -2.26. The maximum atomic E-state index is 14.5. The van der Waals surface area contributed by atoms with Crippen LogP contribution >= 0.6 is 0 Å². The van der Waals surface area contributed by atoms with Gasteiger partial charge in [0.25, 0.3) is 5.91 Å². The lowest BCUT2D eigenvalue weighted by atomic mass is 9.77. The van der Waals surface area contributed by atoms with Gasteiger partial charge < -0.3 is 10.4 Å². The van der Waals surface area contributed by atoms with Crippen molar-refractivity contribution in [2.45, 2.75) is 51.6 Å². The highest BCUT2D eigenvalue weighted by molar-refractivity contribution is 6.03. The molecule has 1 amide bonds. The van der Waals surface area contributed by atoms with Crippen molar-refractivity contribution >= 4 is 17.2 Å². The molecule has 1 fully saturated rings. The average Bonchev–Trinajstić information content (AvgIpc) is 2.86. The van der Waals surface area contributed by atoms with Crippen LogP contribution in [-0.2, 0) is 0 Å². The molecule has 7 heteroatoms. The van der Waals surface area contributed by atoms with Crippen LogP contribution in [0.2, 0.25) is 0 Å². The Morgan fingerprint density at radius 1 is 1.26 bits per heavy atom. The van der Waals surface area contributed by atoms with Gasteiger partial charge in [0, 0.05) is 11.8 Å². The summed E-state index contributed by atoms with van der Waals surface area (Å²) >= 11 is 0. The van der Waals surface area contributed by atoms with Gasteiger partial charge in [-0.1, -0.05) is 32.6 Å². The summed E-state index contributed by atoms with van der Waals surface area (Å²) in [7, 11) is 0. The molecule has 0 saturated heterocycles. The number of aliphatic hydroxyl groups excluding tert-OH is 1. The number of nitrogens with one attached hydrogen (secondary N) is 1. The molecule has 2 N–H and O–H groups in total. The number of hydrogen-bond donors (Lipinski definition) is 2. The molecule has 34 heavy (non-hydrogen) atoms. The van der Waals surface area contributed by atoms with E-state index in [4.69, 9.17) is 0 Å². The van der Waals surface area contributed by atoms with E-state index in [2.05, 4.69) is 21.9 Å². The highest BCUT2D eigenvalue weighted by Crippen LogP contribution is 2.38. The number of pyridine rings is 2. The Hall–Kier alpha value is -3.19. The summed E-state index contributed by atoms with van der Waals surface area (Å²) in [5.74, 6) is -0.702. The summed E-state index contributed by atoms with van der Waals surface area (Å²) in [5, 5.41) is 12.9. The van der Waals surface area contributed by atoms with Gasteiger partial charge in [-0.25, -0.2) is 13.8 Å². The van der Waals surface area contributed by atoms with Crippen LogP contribution < -0.4 is 5.32 Å². The van der Waals surface area contributed by atoms with E-state index in [1.54, 1.807) is 37.5 Å². The van der Waals surface area contributed by atoms with Crippen LogP contribution in [0.3, 0.4) is 0 Å². The molecule has 0 unspecified atom stereocenters. The van der Waals surface area contributed by atoms with E-state index in [-0.39, 0.29) is 34.9 Å². The molecule has 1 saturated carbocycles. The smallest absolute Gasteiger partial charge is 0.274 e. The SMILES string of the molecule is C=C(/C(F)=C\C=C(\CC)CF)c1cccc(C(=O)Nc2cnccc2[C@H]2CC[C@H](O)[C@@H](C)C2)n1. The van der Waals surface area contributed by atoms with Crippen LogP contribution in [0.4, 0.5) is 14.5 Å². The molecule has 2 aromatic rings. The van der Waals surface area contributed by atoms with Crippen molar-refractivity contribution in [1.82, 2.24) is 9.97 Å². The molecule has 2 heterocycles. The second kappa shape index (κ2) is 11.8. The van der Waals surface area contributed by atoms with Crippen molar-refractivity contribution in [2.24, 2.45) is 5.92 Å². The number of halogens is 2. The van der Waals surface area contributed by atoms with E-state index in [1.807, 2.05) is 13.0 Å². The molecule has 3 rings (SSSR count). The molecule has 2 aromatic heterocycles. The third-order valence-electron chi connectivity index (χ3n) is 6.34. The van der Waals surface area contributed by atoms with Crippen LogP contribution in [0.15, 0.2) is 66.8 Å². The maximum absolute atomic E-state index is 14.5. The van der Waals surface area contributed by atoms with Crippen LogP contribution in [0, 0.1) is 5.92 Å². The van der Waals surface area contributed by atoms with Gasteiger partial charge in [0.1, 0.15) is 18.2 Å². The monoisotopic (exact) mass is 467 g/mol. The second-order valence-electron chi connectivity index (χ2n) is 8.68. The fourth-order valence-corrected chi connectivity index (χ4v) is 4.11. The Balaban J connectivity index is 1.77. The number of nitrogens with zero attached hydrogens (tertiary/aromatic N) is 2. The van der Waals surface area contributed by atoms with Gasteiger partial charge in [-0.3, -0.25) is 9.78 Å². The Morgan fingerprint density at radius 2 is 2.03 bits per heavy atom.